The molecule has 1 amide bonds. The van der Waals surface area contributed by atoms with Crippen LogP contribution in [-0.4, -0.2) is 60.4 Å². The number of carbonyl (C=O) groups excluding carboxylic acids is 1. The zero-order valence-corrected chi connectivity index (χ0v) is 23.6. The number of ether oxygens (including phenoxy) is 1. The van der Waals surface area contributed by atoms with E-state index >= 15 is 8.78 Å². The molecule has 12 heteroatoms. The van der Waals surface area contributed by atoms with E-state index in [0.29, 0.717) is 25.2 Å². The van der Waals surface area contributed by atoms with E-state index < -0.39 is 46.2 Å². The summed E-state index contributed by atoms with van der Waals surface area (Å²) in [5.74, 6) is -5.22. The normalized spacial score (nSPS) is 24.4. The first kappa shape index (κ1) is 29.1. The molecule has 2 aliphatic rings. The highest BCUT2D eigenvalue weighted by atomic mass is 35.5. The number of benzene rings is 2. The largest absolute Gasteiger partial charge is 0.449 e. The van der Waals surface area contributed by atoms with E-state index in [-0.39, 0.29) is 40.6 Å². The van der Waals surface area contributed by atoms with Crippen molar-refractivity contribution >= 4 is 28.9 Å². The summed E-state index contributed by atoms with van der Waals surface area (Å²) in [7, 11) is 1.95. The molecule has 0 aliphatic carbocycles. The Hall–Kier alpha value is -3.41. The lowest BCUT2D eigenvalue weighted by Gasteiger charge is -2.42. The van der Waals surface area contributed by atoms with Gasteiger partial charge in [-0.15, -0.1) is 0 Å². The average molecular weight is 593 g/mol. The SMILES string of the molecule is CN1CC(CNC(=O)C2(C)C(c3ccc(Cl)o3)C(c3ccc(F)cc3F)=NN2c2ccc(F)cc2F)OC(C)(C)C1. The topological polar surface area (TPSA) is 70.3 Å². The fourth-order valence-corrected chi connectivity index (χ4v) is 5.88. The van der Waals surface area contributed by atoms with Crippen molar-refractivity contribution in [1.29, 1.82) is 0 Å². The molecular formula is C29H29ClF4N4O3. The van der Waals surface area contributed by atoms with Crippen molar-refractivity contribution in [2.24, 2.45) is 5.10 Å². The quantitative estimate of drug-likeness (QED) is 0.384. The van der Waals surface area contributed by atoms with E-state index in [1.807, 2.05) is 20.9 Å². The third-order valence-electron chi connectivity index (χ3n) is 7.31. The molecule has 218 valence electrons. The molecule has 0 saturated carbocycles. The van der Waals surface area contributed by atoms with E-state index in [1.165, 1.54) is 25.1 Å². The minimum absolute atomic E-state index is 0.00558. The van der Waals surface area contributed by atoms with Gasteiger partial charge in [-0.1, -0.05) is 0 Å². The second-order valence-electron chi connectivity index (χ2n) is 11.1. The van der Waals surface area contributed by atoms with Crippen LogP contribution in [0.2, 0.25) is 5.22 Å². The van der Waals surface area contributed by atoms with Crippen molar-refractivity contribution < 1.29 is 31.5 Å². The Morgan fingerprint density at radius 3 is 2.34 bits per heavy atom. The van der Waals surface area contributed by atoms with Crippen LogP contribution in [0.3, 0.4) is 0 Å². The molecule has 1 fully saturated rings. The number of carbonyl (C=O) groups is 1. The van der Waals surface area contributed by atoms with Crippen molar-refractivity contribution in [2.75, 3.05) is 31.7 Å². The van der Waals surface area contributed by atoms with Gasteiger partial charge in [-0.2, -0.15) is 5.10 Å². The number of nitrogens with one attached hydrogen (secondary N) is 1. The van der Waals surface area contributed by atoms with E-state index in [2.05, 4.69) is 15.3 Å². The standard InChI is InChI=1S/C29H29ClF4N4O3/c1-28(2)15-37(4)14-18(41-28)13-35-27(39)29(3)25(23-9-10-24(30)40-23)26(19-7-5-16(31)11-20(19)33)36-38(29)22-8-6-17(32)12-21(22)34/h5-12,18,25H,13-15H2,1-4H3,(H,35,39). The molecule has 41 heavy (non-hydrogen) atoms. The van der Waals surface area contributed by atoms with Crippen LogP contribution in [0.4, 0.5) is 23.2 Å². The van der Waals surface area contributed by atoms with Gasteiger partial charge in [0.15, 0.2) is 16.6 Å². The number of furan rings is 1. The van der Waals surface area contributed by atoms with E-state index in [1.54, 1.807) is 0 Å². The summed E-state index contributed by atoms with van der Waals surface area (Å²) in [4.78, 5) is 16.3. The Balaban J connectivity index is 1.61. The summed E-state index contributed by atoms with van der Waals surface area (Å²) in [6.45, 7) is 6.74. The summed E-state index contributed by atoms with van der Waals surface area (Å²) in [5, 5.41) is 8.47. The summed E-state index contributed by atoms with van der Waals surface area (Å²) >= 11 is 6.09. The monoisotopic (exact) mass is 592 g/mol. The molecule has 1 N–H and O–H groups in total. The van der Waals surface area contributed by atoms with Crippen molar-refractivity contribution in [3.63, 3.8) is 0 Å². The minimum Gasteiger partial charge on any atom is -0.449 e. The van der Waals surface area contributed by atoms with Gasteiger partial charge in [-0.25, -0.2) is 22.6 Å². The van der Waals surface area contributed by atoms with Crippen LogP contribution < -0.4 is 10.3 Å². The van der Waals surface area contributed by atoms with Gasteiger partial charge in [-0.3, -0.25) is 4.79 Å². The van der Waals surface area contributed by atoms with Gasteiger partial charge < -0.3 is 19.4 Å². The molecule has 3 heterocycles. The first-order valence-corrected chi connectivity index (χ1v) is 13.4. The zero-order valence-electron chi connectivity index (χ0n) is 22.9. The van der Waals surface area contributed by atoms with Gasteiger partial charge >= 0.3 is 0 Å². The lowest BCUT2D eigenvalue weighted by molar-refractivity contribution is -0.137. The number of hydrazone groups is 1. The number of likely N-dealkylation sites (N-methyl/N-ethyl adjacent to an activating group) is 1. The maximum atomic E-state index is 15.2. The van der Waals surface area contributed by atoms with Crippen LogP contribution in [0.5, 0.6) is 0 Å². The zero-order chi connectivity index (χ0) is 29.7. The van der Waals surface area contributed by atoms with Crippen LogP contribution in [0, 0.1) is 23.3 Å². The molecule has 1 saturated heterocycles. The van der Waals surface area contributed by atoms with Crippen LogP contribution in [-0.2, 0) is 9.53 Å². The summed E-state index contributed by atoms with van der Waals surface area (Å²) < 4.78 is 70.0. The Bertz CT molecular complexity index is 1510. The fourth-order valence-electron chi connectivity index (χ4n) is 5.72. The Morgan fingerprint density at radius 2 is 1.73 bits per heavy atom. The Morgan fingerprint density at radius 1 is 1.05 bits per heavy atom. The van der Waals surface area contributed by atoms with Crippen LogP contribution in [0.25, 0.3) is 0 Å². The molecule has 1 aromatic heterocycles. The van der Waals surface area contributed by atoms with Crippen molar-refractivity contribution in [1.82, 2.24) is 10.2 Å². The average Bonchev–Trinajstić information content (AvgIpc) is 3.42. The third kappa shape index (κ3) is 5.58. The highest BCUT2D eigenvalue weighted by Gasteiger charge is 2.57. The van der Waals surface area contributed by atoms with Gasteiger partial charge in [0.2, 0.25) is 5.91 Å². The van der Waals surface area contributed by atoms with Crippen LogP contribution >= 0.6 is 11.6 Å². The van der Waals surface area contributed by atoms with E-state index in [9.17, 15) is 13.6 Å². The van der Waals surface area contributed by atoms with Crippen molar-refractivity contribution in [3.05, 3.63) is 88.3 Å². The number of morpholine rings is 1. The van der Waals surface area contributed by atoms with Gasteiger partial charge in [0, 0.05) is 37.3 Å². The number of halogens is 5. The van der Waals surface area contributed by atoms with Crippen molar-refractivity contribution in [2.45, 2.75) is 43.9 Å². The summed E-state index contributed by atoms with van der Waals surface area (Å²) in [6.07, 6.45) is -0.361. The molecule has 3 aromatic rings. The number of hydrogen-bond donors (Lipinski definition) is 1. The highest BCUT2D eigenvalue weighted by molar-refractivity contribution is 6.28. The summed E-state index contributed by atoms with van der Waals surface area (Å²) in [5.41, 5.74) is -2.64. The first-order chi connectivity index (χ1) is 19.3. The fraction of sp³-hybridized carbons (Fsp3) is 0.379. The van der Waals surface area contributed by atoms with Crippen LogP contribution in [0.1, 0.15) is 38.0 Å². The van der Waals surface area contributed by atoms with Gasteiger partial charge in [0.25, 0.3) is 0 Å². The second kappa shape index (κ2) is 10.8. The van der Waals surface area contributed by atoms with Gasteiger partial charge in [0.1, 0.15) is 23.2 Å². The van der Waals surface area contributed by atoms with E-state index in [4.69, 9.17) is 20.8 Å². The van der Waals surface area contributed by atoms with Gasteiger partial charge in [-0.05, 0) is 75.8 Å². The molecule has 3 unspecified atom stereocenters. The molecule has 2 aliphatic heterocycles. The molecule has 3 atom stereocenters. The maximum absolute atomic E-state index is 15.2. The summed E-state index contributed by atoms with van der Waals surface area (Å²) in [6, 6.07) is 8.67. The molecule has 0 spiro atoms. The molecule has 0 radical (unpaired) electrons. The predicted molar refractivity (Wildman–Crippen MR) is 146 cm³/mol. The number of amides is 1. The number of hydrogen-bond acceptors (Lipinski definition) is 6. The van der Waals surface area contributed by atoms with Gasteiger partial charge in [0.05, 0.1) is 29.0 Å². The minimum atomic E-state index is -1.79. The Kier molecular flexibility index (Phi) is 7.65. The van der Waals surface area contributed by atoms with E-state index in [0.717, 1.165) is 23.2 Å². The third-order valence-corrected chi connectivity index (χ3v) is 7.51. The highest BCUT2D eigenvalue weighted by Crippen LogP contribution is 2.46. The number of nitrogens with zero attached hydrogens (tertiary/aromatic N) is 3. The predicted octanol–water partition coefficient (Wildman–Crippen LogP) is 5.48. The lowest BCUT2D eigenvalue weighted by atomic mass is 9.78. The molecule has 7 nitrogen and oxygen atoms in total. The number of anilines is 1. The van der Waals surface area contributed by atoms with Crippen molar-refractivity contribution in [3.8, 4) is 0 Å². The second-order valence-corrected chi connectivity index (χ2v) is 11.5. The lowest BCUT2D eigenvalue weighted by Crippen LogP contribution is -2.60. The Labute approximate surface area is 239 Å². The molecule has 2 aromatic carbocycles. The smallest absolute Gasteiger partial charge is 0.249 e. The first-order valence-electron chi connectivity index (χ1n) is 13.0. The number of rotatable bonds is 6. The maximum Gasteiger partial charge on any atom is 0.249 e. The van der Waals surface area contributed by atoms with Crippen LogP contribution in [0.15, 0.2) is 58.0 Å². The molecule has 0 bridgehead atoms. The molecule has 5 rings (SSSR count). The molecular weight excluding hydrogens is 564 g/mol.